The number of hydrogen-bond donors (Lipinski definition) is 1. The molecule has 0 amide bonds. The SMILES string of the molecule is CCCCC/C=C\C/C=C\C/C=C\C/C=C\CCCC(=O)O[C@H](COC(=O)CCCCC/C=C\CCCCCCCC)COP(=O)(O)OCC[N+](C)(C)C. The Labute approximate surface area is 330 Å². The summed E-state index contributed by atoms with van der Waals surface area (Å²) < 4.78 is 34.1. The first-order chi connectivity index (χ1) is 26.0. The van der Waals surface area contributed by atoms with E-state index < -0.39 is 32.5 Å². The summed E-state index contributed by atoms with van der Waals surface area (Å²) in [5.41, 5.74) is 0. The number of allylic oxidation sites excluding steroid dienone is 10. The summed E-state index contributed by atoms with van der Waals surface area (Å²) in [6.07, 6.45) is 42.8. The number of phosphoric ester groups is 1. The predicted octanol–water partition coefficient (Wildman–Crippen LogP) is 11.7. The predicted molar refractivity (Wildman–Crippen MR) is 224 cm³/mol. The number of likely N-dealkylation sites (N-methyl/N-ethyl adjacent to an activating group) is 1. The molecule has 312 valence electrons. The van der Waals surface area contributed by atoms with Gasteiger partial charge in [0.2, 0.25) is 0 Å². The van der Waals surface area contributed by atoms with E-state index in [1.165, 1.54) is 64.2 Å². The van der Waals surface area contributed by atoms with Gasteiger partial charge in [0.25, 0.3) is 0 Å². The van der Waals surface area contributed by atoms with Crippen LogP contribution in [0, 0.1) is 0 Å². The zero-order chi connectivity index (χ0) is 40.0. The topological polar surface area (TPSA) is 108 Å². The highest BCUT2D eigenvalue weighted by Crippen LogP contribution is 2.43. The van der Waals surface area contributed by atoms with Gasteiger partial charge in [-0.25, -0.2) is 4.57 Å². The van der Waals surface area contributed by atoms with Crippen molar-refractivity contribution in [1.82, 2.24) is 0 Å². The third-order valence-corrected chi connectivity index (χ3v) is 9.50. The fourth-order valence-corrected chi connectivity index (χ4v) is 5.92. The van der Waals surface area contributed by atoms with Gasteiger partial charge in [-0.3, -0.25) is 18.6 Å². The van der Waals surface area contributed by atoms with Gasteiger partial charge < -0.3 is 18.9 Å². The molecule has 0 aromatic rings. The molecule has 0 aromatic heterocycles. The van der Waals surface area contributed by atoms with Crippen molar-refractivity contribution in [2.75, 3.05) is 47.5 Å². The fourth-order valence-electron chi connectivity index (χ4n) is 5.18. The molecule has 0 aromatic carbocycles. The molecule has 0 spiro atoms. The number of ether oxygens (including phenoxy) is 2. The summed E-state index contributed by atoms with van der Waals surface area (Å²) in [6.45, 7) is 4.28. The monoisotopic (exact) mass is 781 g/mol. The Kier molecular flexibility index (Phi) is 34.8. The third kappa shape index (κ3) is 39.4. The van der Waals surface area contributed by atoms with Gasteiger partial charge in [-0.1, -0.05) is 126 Å². The zero-order valence-corrected chi connectivity index (χ0v) is 35.8. The normalized spacial score (nSPS) is 14.3. The van der Waals surface area contributed by atoms with Gasteiger partial charge in [0.05, 0.1) is 27.7 Å². The van der Waals surface area contributed by atoms with E-state index >= 15 is 0 Å². The summed E-state index contributed by atoms with van der Waals surface area (Å²) in [4.78, 5) is 35.2. The number of carbonyl (C=O) groups is 2. The van der Waals surface area contributed by atoms with Crippen LogP contribution in [0.4, 0.5) is 0 Å². The van der Waals surface area contributed by atoms with Crippen LogP contribution in [0.25, 0.3) is 0 Å². The van der Waals surface area contributed by atoms with Crippen LogP contribution in [-0.2, 0) is 32.7 Å². The largest absolute Gasteiger partial charge is 0.472 e. The van der Waals surface area contributed by atoms with E-state index in [1.54, 1.807) is 0 Å². The summed E-state index contributed by atoms with van der Waals surface area (Å²) in [7, 11) is 1.43. The van der Waals surface area contributed by atoms with E-state index in [4.69, 9.17) is 18.5 Å². The van der Waals surface area contributed by atoms with Gasteiger partial charge in [0.15, 0.2) is 6.10 Å². The van der Waals surface area contributed by atoms with Gasteiger partial charge in [-0.15, -0.1) is 0 Å². The van der Waals surface area contributed by atoms with Crippen LogP contribution in [-0.4, -0.2) is 74.9 Å². The molecule has 0 aliphatic rings. The highest BCUT2D eigenvalue weighted by atomic mass is 31.2. The maximum atomic E-state index is 12.6. The van der Waals surface area contributed by atoms with Crippen LogP contribution in [0.2, 0.25) is 0 Å². The molecule has 0 aliphatic carbocycles. The zero-order valence-electron chi connectivity index (χ0n) is 34.9. The van der Waals surface area contributed by atoms with Crippen LogP contribution < -0.4 is 0 Å². The molecule has 1 unspecified atom stereocenters. The summed E-state index contributed by atoms with van der Waals surface area (Å²) in [5, 5.41) is 0. The average Bonchev–Trinajstić information content (AvgIpc) is 3.12. The van der Waals surface area contributed by atoms with Gasteiger partial charge in [-0.05, 0) is 77.0 Å². The number of rotatable bonds is 37. The summed E-state index contributed by atoms with van der Waals surface area (Å²) >= 11 is 0. The molecule has 2 atom stereocenters. The lowest BCUT2D eigenvalue weighted by Crippen LogP contribution is -2.37. The molecule has 0 radical (unpaired) electrons. The molecule has 10 heteroatoms. The highest BCUT2D eigenvalue weighted by molar-refractivity contribution is 7.47. The molecule has 0 aliphatic heterocycles. The average molecular weight is 781 g/mol. The Balaban J connectivity index is 4.53. The molecule has 0 rings (SSSR count). The molecule has 9 nitrogen and oxygen atoms in total. The van der Waals surface area contributed by atoms with E-state index in [0.29, 0.717) is 30.3 Å². The van der Waals surface area contributed by atoms with Gasteiger partial charge >= 0.3 is 19.8 Å². The van der Waals surface area contributed by atoms with Crippen molar-refractivity contribution in [1.29, 1.82) is 0 Å². The van der Waals surface area contributed by atoms with E-state index in [-0.39, 0.29) is 26.1 Å². The Morgan fingerprint density at radius 2 is 1.02 bits per heavy atom. The quantitative estimate of drug-likeness (QED) is 0.0218. The van der Waals surface area contributed by atoms with Gasteiger partial charge in [0, 0.05) is 12.8 Å². The van der Waals surface area contributed by atoms with Crippen molar-refractivity contribution in [2.45, 2.75) is 161 Å². The van der Waals surface area contributed by atoms with Gasteiger partial charge in [0.1, 0.15) is 19.8 Å². The Bertz CT molecular complexity index is 1110. The second kappa shape index (κ2) is 36.4. The minimum Gasteiger partial charge on any atom is -0.462 e. The second-order valence-corrected chi connectivity index (χ2v) is 16.5. The Hall–Kier alpha value is -2.29. The van der Waals surface area contributed by atoms with E-state index in [9.17, 15) is 19.0 Å². The highest BCUT2D eigenvalue weighted by Gasteiger charge is 2.27. The molecule has 0 fully saturated rings. The van der Waals surface area contributed by atoms with Crippen LogP contribution in [0.3, 0.4) is 0 Å². The fraction of sp³-hybridized carbons (Fsp3) is 0.727. The number of unbranched alkanes of at least 4 members (excludes halogenated alkanes) is 13. The molecular formula is C44H79NO8P+. The second-order valence-electron chi connectivity index (χ2n) is 15.0. The Morgan fingerprint density at radius 1 is 0.574 bits per heavy atom. The first-order valence-corrected chi connectivity index (χ1v) is 22.5. The molecule has 0 heterocycles. The van der Waals surface area contributed by atoms with Crippen molar-refractivity contribution in [3.63, 3.8) is 0 Å². The lowest BCUT2D eigenvalue weighted by Gasteiger charge is -2.24. The number of quaternary nitrogens is 1. The van der Waals surface area contributed by atoms with Crippen LogP contribution in [0.1, 0.15) is 155 Å². The van der Waals surface area contributed by atoms with E-state index in [1.807, 2.05) is 27.2 Å². The number of hydrogen-bond acceptors (Lipinski definition) is 7. The number of nitrogens with zero attached hydrogens (tertiary/aromatic N) is 1. The number of carbonyl (C=O) groups excluding carboxylic acids is 2. The lowest BCUT2D eigenvalue weighted by molar-refractivity contribution is -0.870. The number of esters is 2. The minimum absolute atomic E-state index is 0.0170. The van der Waals surface area contributed by atoms with Crippen LogP contribution >= 0.6 is 7.82 Å². The maximum Gasteiger partial charge on any atom is 0.472 e. The van der Waals surface area contributed by atoms with Crippen molar-refractivity contribution in [3.05, 3.63) is 60.8 Å². The molecule has 1 N–H and O–H groups in total. The van der Waals surface area contributed by atoms with Crippen molar-refractivity contribution < 1.29 is 42.1 Å². The smallest absolute Gasteiger partial charge is 0.462 e. The van der Waals surface area contributed by atoms with Crippen molar-refractivity contribution in [3.8, 4) is 0 Å². The van der Waals surface area contributed by atoms with E-state index in [2.05, 4.69) is 68.5 Å². The van der Waals surface area contributed by atoms with Crippen LogP contribution in [0.5, 0.6) is 0 Å². The first-order valence-electron chi connectivity index (χ1n) is 21.0. The molecule has 54 heavy (non-hydrogen) atoms. The third-order valence-electron chi connectivity index (χ3n) is 8.52. The minimum atomic E-state index is -4.39. The van der Waals surface area contributed by atoms with Crippen LogP contribution in [0.15, 0.2) is 60.8 Å². The maximum absolute atomic E-state index is 12.6. The lowest BCUT2D eigenvalue weighted by atomic mass is 10.1. The number of phosphoric acid groups is 1. The summed E-state index contributed by atoms with van der Waals surface area (Å²) in [5.74, 6) is -0.889. The first kappa shape index (κ1) is 51.7. The Morgan fingerprint density at radius 3 is 1.59 bits per heavy atom. The molecular weight excluding hydrogens is 701 g/mol. The van der Waals surface area contributed by atoms with Crippen molar-refractivity contribution in [2.24, 2.45) is 0 Å². The molecule has 0 saturated heterocycles. The standard InChI is InChI=1S/C44H78NO8P/c1-6-8-10-12-14-16-18-20-21-22-23-25-27-29-31-33-35-37-44(47)53-42(41-52-54(48,49)51-39-38-45(3,4)5)40-50-43(46)36-34-32-30-28-26-24-19-17-15-13-11-9-7-2/h14,16,20-21,23-26,29,31,42H,6-13,15,17-19,22,27-28,30,32-41H2,1-5H3/p+1/b16-14-,21-20-,25-23-,26-24-,31-29-/t42-/m1/s1. The summed E-state index contributed by atoms with van der Waals surface area (Å²) in [6, 6.07) is 0. The molecule has 0 saturated carbocycles. The van der Waals surface area contributed by atoms with Crippen molar-refractivity contribution >= 4 is 19.8 Å². The van der Waals surface area contributed by atoms with Gasteiger partial charge in [-0.2, -0.15) is 0 Å². The molecule has 0 bridgehead atoms. The van der Waals surface area contributed by atoms with E-state index in [0.717, 1.165) is 44.9 Å².